The molecule has 0 aliphatic rings. The number of aliphatic hydroxyl groups is 1. The molecule has 15 heavy (non-hydrogen) atoms. The first-order valence-electron chi connectivity index (χ1n) is 5.18. The lowest BCUT2D eigenvalue weighted by atomic mass is 10.2. The number of hydrogen-bond acceptors (Lipinski definition) is 1. The van der Waals surface area contributed by atoms with Gasteiger partial charge in [0.2, 0.25) is 0 Å². The number of benzene rings is 1. The number of halogens is 1. The highest BCUT2D eigenvalue weighted by molar-refractivity contribution is 6.19. The van der Waals surface area contributed by atoms with Crippen LogP contribution in [-0.4, -0.2) is 35.8 Å². The van der Waals surface area contributed by atoms with Gasteiger partial charge in [-0.3, -0.25) is 0 Å². The van der Waals surface area contributed by atoms with Crippen LogP contribution in [0.5, 0.6) is 0 Å². The minimum absolute atomic E-state index is 0.626. The van der Waals surface area contributed by atoms with Crippen molar-refractivity contribution in [1.29, 1.82) is 0 Å². The maximum atomic E-state index is 9.04. The van der Waals surface area contributed by atoms with Gasteiger partial charge >= 0.3 is 0 Å². The Morgan fingerprint density at radius 1 is 1.27 bits per heavy atom. The second kappa shape index (κ2) is 5.50. The summed E-state index contributed by atoms with van der Waals surface area (Å²) >= 11 is 5.53. The van der Waals surface area contributed by atoms with Crippen LogP contribution in [0.15, 0.2) is 30.3 Å². The second-order valence-corrected chi connectivity index (χ2v) is 5.03. The molecule has 1 rings (SSSR count). The summed E-state index contributed by atoms with van der Waals surface area (Å²) in [4.78, 5) is 0. The van der Waals surface area contributed by atoms with Crippen LogP contribution in [0.3, 0.4) is 0 Å². The van der Waals surface area contributed by atoms with Gasteiger partial charge in [-0.05, 0) is 0 Å². The molecule has 2 nitrogen and oxygen atoms in total. The van der Waals surface area contributed by atoms with Crippen molar-refractivity contribution in [2.24, 2.45) is 0 Å². The maximum Gasteiger partial charge on any atom is 0.133 e. The van der Waals surface area contributed by atoms with E-state index < -0.39 is 5.56 Å². The molecule has 0 saturated heterocycles. The second-order valence-electron chi connectivity index (χ2n) is 4.53. The van der Waals surface area contributed by atoms with Crippen LogP contribution in [0, 0.1) is 0 Å². The van der Waals surface area contributed by atoms with E-state index in [-0.39, 0.29) is 0 Å². The molecule has 0 aliphatic carbocycles. The van der Waals surface area contributed by atoms with Crippen molar-refractivity contribution in [3.05, 3.63) is 35.9 Å². The smallest absolute Gasteiger partial charge is 0.133 e. The number of alkyl halides is 1. The van der Waals surface area contributed by atoms with Crippen molar-refractivity contribution in [1.82, 2.24) is 0 Å². The third kappa shape index (κ3) is 5.17. The Labute approximate surface area is 96.7 Å². The van der Waals surface area contributed by atoms with E-state index in [1.807, 2.05) is 18.2 Å². The normalized spacial score (nSPS) is 13.9. The highest BCUT2D eigenvalue weighted by Crippen LogP contribution is 2.11. The van der Waals surface area contributed by atoms with Gasteiger partial charge in [-0.1, -0.05) is 41.9 Å². The highest BCUT2D eigenvalue weighted by atomic mass is 35.5. The van der Waals surface area contributed by atoms with Crippen molar-refractivity contribution in [3.8, 4) is 0 Å². The maximum absolute atomic E-state index is 9.04. The zero-order valence-corrected chi connectivity index (χ0v) is 10.1. The molecule has 0 saturated carbocycles. The molecular weight excluding hydrogens is 210 g/mol. The molecule has 3 heteroatoms. The van der Waals surface area contributed by atoms with E-state index in [0.29, 0.717) is 6.42 Å². The molecule has 0 aromatic heterocycles. The van der Waals surface area contributed by atoms with Crippen molar-refractivity contribution in [2.45, 2.75) is 18.5 Å². The van der Waals surface area contributed by atoms with E-state index in [2.05, 4.69) is 26.2 Å². The zero-order chi connectivity index (χ0) is 11.3. The van der Waals surface area contributed by atoms with Crippen LogP contribution in [0.1, 0.15) is 12.0 Å². The van der Waals surface area contributed by atoms with Crippen molar-refractivity contribution < 1.29 is 9.59 Å². The lowest BCUT2D eigenvalue weighted by Crippen LogP contribution is -2.40. The lowest BCUT2D eigenvalue weighted by Gasteiger charge is -2.30. The number of quaternary nitrogens is 1. The van der Waals surface area contributed by atoms with Gasteiger partial charge in [-0.15, -0.1) is 0 Å². The van der Waals surface area contributed by atoms with Gasteiger partial charge in [0, 0.05) is 12.0 Å². The van der Waals surface area contributed by atoms with Crippen LogP contribution < -0.4 is 0 Å². The van der Waals surface area contributed by atoms with Gasteiger partial charge in [0.05, 0.1) is 20.6 Å². The fourth-order valence-corrected chi connectivity index (χ4v) is 1.71. The molecule has 84 valence electrons. The first kappa shape index (κ1) is 12.5. The van der Waals surface area contributed by atoms with E-state index in [9.17, 15) is 0 Å². The Bertz CT molecular complexity index is 285. The largest absolute Gasteiger partial charge is 0.377 e. The summed E-state index contributed by atoms with van der Waals surface area (Å²) in [6.07, 6.45) is 0.626. The van der Waals surface area contributed by atoms with Crippen LogP contribution in [0.4, 0.5) is 0 Å². The van der Waals surface area contributed by atoms with E-state index in [1.165, 1.54) is 5.56 Å². The summed E-state index contributed by atoms with van der Waals surface area (Å²) in [5, 5.41) is 9.04. The fraction of sp³-hybridized carbons (Fsp3) is 0.500. The molecule has 1 aromatic carbocycles. The molecule has 1 unspecified atom stereocenters. The van der Waals surface area contributed by atoms with E-state index in [1.54, 1.807) is 0 Å². The van der Waals surface area contributed by atoms with Crippen molar-refractivity contribution in [2.75, 3.05) is 20.6 Å². The minimum atomic E-state index is -0.724. The van der Waals surface area contributed by atoms with Gasteiger partial charge in [0.15, 0.2) is 0 Å². The number of hydrogen-bond donors (Lipinski definition) is 1. The van der Waals surface area contributed by atoms with Gasteiger partial charge in [-0.2, -0.15) is 0 Å². The van der Waals surface area contributed by atoms with Crippen LogP contribution >= 0.6 is 11.6 Å². The highest BCUT2D eigenvalue weighted by Gasteiger charge is 2.16. The first-order chi connectivity index (χ1) is 6.99. The summed E-state index contributed by atoms with van der Waals surface area (Å²) < 4.78 is 0.841. The number of aliphatic hydroxyl groups excluding tert-OH is 1. The Morgan fingerprint density at radius 2 is 1.87 bits per heavy atom. The zero-order valence-electron chi connectivity index (χ0n) is 9.36. The molecular formula is C12H19ClNO+. The van der Waals surface area contributed by atoms with Gasteiger partial charge < -0.3 is 9.59 Å². The van der Waals surface area contributed by atoms with Crippen LogP contribution in [0.2, 0.25) is 0 Å². The van der Waals surface area contributed by atoms with Crippen molar-refractivity contribution >= 4 is 11.6 Å². The predicted molar refractivity (Wildman–Crippen MR) is 63.6 cm³/mol. The molecule has 0 fully saturated rings. The topological polar surface area (TPSA) is 20.2 Å². The summed E-state index contributed by atoms with van der Waals surface area (Å²) in [7, 11) is 4.29. The molecule has 0 aliphatic heterocycles. The molecule has 0 bridgehead atoms. The molecule has 0 radical (unpaired) electrons. The molecule has 1 aromatic rings. The molecule has 0 spiro atoms. The minimum Gasteiger partial charge on any atom is -0.377 e. The third-order valence-electron chi connectivity index (χ3n) is 2.43. The summed E-state index contributed by atoms with van der Waals surface area (Å²) in [6, 6.07) is 10.4. The quantitative estimate of drug-likeness (QED) is 0.605. The van der Waals surface area contributed by atoms with Crippen molar-refractivity contribution in [3.63, 3.8) is 0 Å². The standard InChI is InChI=1S/C12H19ClNO/c1-14(2,9-8-12(13)15)10-11-6-4-3-5-7-11/h3-7,12,15H,8-10H2,1-2H3/q+1. The predicted octanol–water partition coefficient (Wildman–Crippen LogP) is 2.21. The molecule has 1 atom stereocenters. The summed E-state index contributed by atoms with van der Waals surface area (Å²) in [5.74, 6) is 0. The summed E-state index contributed by atoms with van der Waals surface area (Å²) in [5.41, 5.74) is 0.588. The van der Waals surface area contributed by atoms with Gasteiger partial charge in [-0.25, -0.2) is 0 Å². The molecule has 0 amide bonds. The Balaban J connectivity index is 2.49. The number of rotatable bonds is 5. The van der Waals surface area contributed by atoms with Gasteiger partial charge in [0.1, 0.15) is 12.1 Å². The van der Waals surface area contributed by atoms with Gasteiger partial charge in [0.25, 0.3) is 0 Å². The van der Waals surface area contributed by atoms with E-state index in [4.69, 9.17) is 16.7 Å². The van der Waals surface area contributed by atoms with E-state index in [0.717, 1.165) is 17.6 Å². The average Bonchev–Trinajstić information content (AvgIpc) is 2.16. The monoisotopic (exact) mass is 228 g/mol. The van der Waals surface area contributed by atoms with Crippen LogP contribution in [-0.2, 0) is 6.54 Å². The Kier molecular flexibility index (Phi) is 4.58. The molecule has 1 N–H and O–H groups in total. The lowest BCUT2D eigenvalue weighted by molar-refractivity contribution is -0.904. The SMILES string of the molecule is C[N+](C)(CCC(O)Cl)Cc1ccccc1. The third-order valence-corrected chi connectivity index (χ3v) is 2.64. The Morgan fingerprint density at radius 3 is 2.40 bits per heavy atom. The average molecular weight is 229 g/mol. The first-order valence-corrected chi connectivity index (χ1v) is 5.61. The van der Waals surface area contributed by atoms with E-state index >= 15 is 0 Å². The number of nitrogens with zero attached hydrogens (tertiary/aromatic N) is 1. The van der Waals surface area contributed by atoms with Crippen LogP contribution in [0.25, 0.3) is 0 Å². The molecule has 0 heterocycles. The fourth-order valence-electron chi connectivity index (χ4n) is 1.61. The summed E-state index contributed by atoms with van der Waals surface area (Å²) in [6.45, 7) is 1.84. The Hall–Kier alpha value is -0.570.